The van der Waals surface area contributed by atoms with Crippen LogP contribution in [0, 0.1) is 5.92 Å². The number of hydrogen-bond donors (Lipinski definition) is 8. The molecule has 1 aromatic rings. The highest BCUT2D eigenvalue weighted by molar-refractivity contribution is 6.39. The number of esters is 2. The molecule has 376 valence electrons. The minimum atomic E-state index is -1.57. The summed E-state index contributed by atoms with van der Waals surface area (Å²) < 4.78 is 41.5. The molecule has 8 N–H and O–H groups in total. The predicted molar refractivity (Wildman–Crippen MR) is 246 cm³/mol. The molecule has 3 heterocycles. The fourth-order valence-corrected chi connectivity index (χ4v) is 8.70. The van der Waals surface area contributed by atoms with Gasteiger partial charge in [-0.1, -0.05) is 73.0 Å². The largest absolute Gasteiger partial charge is 0.505 e. The van der Waals surface area contributed by atoms with Crippen LogP contribution in [0.2, 0.25) is 10.0 Å². The monoisotopic (exact) mass is 986 g/mol. The number of allylic oxidation sites excluding steroid dienone is 4. The molecule has 19 heteroatoms. The van der Waals surface area contributed by atoms with E-state index in [4.69, 9.17) is 56.4 Å². The molecule has 0 bridgehead atoms. The number of aliphatic hydroxyl groups excluding tert-OH is 6. The summed E-state index contributed by atoms with van der Waals surface area (Å²) in [6.07, 6.45) is -5.33. The minimum absolute atomic E-state index is 0.0296. The Balaban J connectivity index is 1.60. The zero-order chi connectivity index (χ0) is 50.2. The molecule has 0 amide bonds. The molecule has 17 nitrogen and oxygen atoms in total. The van der Waals surface area contributed by atoms with Crippen molar-refractivity contribution in [2.75, 3.05) is 13.7 Å². The van der Waals surface area contributed by atoms with Crippen molar-refractivity contribution in [2.45, 2.75) is 173 Å². The van der Waals surface area contributed by atoms with Gasteiger partial charge in [0.2, 0.25) is 0 Å². The van der Waals surface area contributed by atoms with E-state index in [-0.39, 0.29) is 41.3 Å². The molecule has 0 unspecified atom stereocenters. The van der Waals surface area contributed by atoms with E-state index in [2.05, 4.69) is 0 Å². The molecule has 2 saturated heterocycles. The maximum atomic E-state index is 13.9. The first-order chi connectivity index (χ1) is 31.4. The smallest absolute Gasteiger partial charge is 0.342 e. The summed E-state index contributed by atoms with van der Waals surface area (Å²) >= 11 is 12.3. The normalized spacial score (nSPS) is 36.6. The number of phenolic OH excluding ortho intramolecular Hbond substituents is 2. The molecule has 0 spiro atoms. The van der Waals surface area contributed by atoms with Gasteiger partial charge in [0, 0.05) is 19.4 Å². The Kier molecular flexibility index (Phi) is 20.5. The average Bonchev–Trinajstić information content (AvgIpc) is 3.27. The molecule has 0 aromatic heterocycles. The molecule has 0 saturated carbocycles. The van der Waals surface area contributed by atoms with Gasteiger partial charge >= 0.3 is 11.9 Å². The van der Waals surface area contributed by atoms with Crippen molar-refractivity contribution in [1.29, 1.82) is 0 Å². The molecule has 14 atom stereocenters. The molecule has 67 heavy (non-hydrogen) atoms. The number of ether oxygens (including phenoxy) is 7. The van der Waals surface area contributed by atoms with Crippen LogP contribution >= 0.6 is 23.2 Å². The van der Waals surface area contributed by atoms with E-state index in [1.54, 1.807) is 39.8 Å². The van der Waals surface area contributed by atoms with E-state index in [1.807, 2.05) is 32.9 Å². The van der Waals surface area contributed by atoms with Crippen LogP contribution in [0.4, 0.5) is 0 Å². The molecule has 4 rings (SSSR count). The van der Waals surface area contributed by atoms with Gasteiger partial charge < -0.3 is 74.0 Å². The summed E-state index contributed by atoms with van der Waals surface area (Å²) in [4.78, 5) is 27.3. The molecular weight excluding hydrogens is 919 g/mol. The van der Waals surface area contributed by atoms with Crippen molar-refractivity contribution in [1.82, 2.24) is 0 Å². The first-order valence-electron chi connectivity index (χ1n) is 22.3. The summed E-state index contributed by atoms with van der Waals surface area (Å²) in [5.41, 5.74) is 0.400. The number of rotatable bonds is 11. The maximum absolute atomic E-state index is 13.9. The second kappa shape index (κ2) is 24.4. The SMILES string of the molecule is CCc1c(Cl)c(O)c(Cl)c(O)c1C(=O)O[C@H]1[C@H](O)[C@H](OC)[C@H](OC/C2=C/C=C\C[C@H](O)/C(C)=C\[C@H](CC)[C@@H](O[C@@H]3OC(C)(C)[C@H](O)[C@@H](O)[C@H]3O)/C(C)=C\C(C)=C/C[C@@H]([C@@H](C)O)OC2=O)O[C@@H]1C. The zero-order valence-electron chi connectivity index (χ0n) is 39.6. The van der Waals surface area contributed by atoms with E-state index < -0.39 is 126 Å². The summed E-state index contributed by atoms with van der Waals surface area (Å²) in [6, 6.07) is 0. The number of carbonyl (C=O) groups excluding carboxylic acids is 2. The van der Waals surface area contributed by atoms with E-state index in [0.29, 0.717) is 23.1 Å². The summed E-state index contributed by atoms with van der Waals surface area (Å²) in [6.45, 7) is 14.7. The van der Waals surface area contributed by atoms with E-state index in [9.17, 15) is 50.4 Å². The molecule has 1 aromatic carbocycles. The Labute approximate surface area is 401 Å². The topological polar surface area (TPSA) is 261 Å². The Morgan fingerprint density at radius 3 is 2.22 bits per heavy atom. The van der Waals surface area contributed by atoms with Crippen molar-refractivity contribution in [3.63, 3.8) is 0 Å². The highest BCUT2D eigenvalue weighted by Crippen LogP contribution is 2.45. The summed E-state index contributed by atoms with van der Waals surface area (Å²) in [5, 5.41) is 85.7. The van der Waals surface area contributed by atoms with Crippen LogP contribution < -0.4 is 0 Å². The first-order valence-corrected chi connectivity index (χ1v) is 23.1. The van der Waals surface area contributed by atoms with Gasteiger partial charge in [-0.25, -0.2) is 9.59 Å². The standard InChI is InChI=1S/C48H68Cl2O17/c1-11-27-20-23(4)30(52)16-14-13-15-28(21-62-47-42(61-10)39(57)41(26(7)63-47)65-45(60)32-29(12-2)33(49)36(54)34(50)35(32)53)44(59)64-31(25(6)51)18-17-22(3)19-24(5)40(27)66-46-38(56)37(55)43(58)48(8,9)67-46/h13-15,17,19-20,25-27,30-31,37-43,46-47,51-58H,11-12,16,18,21H2,1-10H3/b14-13-,22-17-,23-20-,24-19-,28-15-/t25-,26-,27+,30+,31+,37+,38-,39+,40+,41-,42+,43-,46-,47-/m1/s1. The van der Waals surface area contributed by atoms with Crippen LogP contribution in [-0.2, 0) is 44.4 Å². The second-order valence-corrected chi connectivity index (χ2v) is 18.6. The Morgan fingerprint density at radius 2 is 1.61 bits per heavy atom. The number of benzene rings is 1. The van der Waals surface area contributed by atoms with Crippen molar-refractivity contribution in [3.8, 4) is 11.5 Å². The third kappa shape index (κ3) is 13.5. The van der Waals surface area contributed by atoms with E-state index in [1.165, 1.54) is 33.1 Å². The second-order valence-electron chi connectivity index (χ2n) is 17.8. The third-order valence-corrected chi connectivity index (χ3v) is 13.1. The molecule has 2 fully saturated rings. The molecular formula is C48H68Cl2O17. The number of aromatic hydroxyl groups is 2. The van der Waals surface area contributed by atoms with Gasteiger partial charge in [-0.3, -0.25) is 0 Å². The summed E-state index contributed by atoms with van der Waals surface area (Å²) in [7, 11) is 1.26. The number of halogens is 2. The lowest BCUT2D eigenvalue weighted by Gasteiger charge is -2.46. The van der Waals surface area contributed by atoms with Crippen LogP contribution in [0.3, 0.4) is 0 Å². The van der Waals surface area contributed by atoms with Crippen LogP contribution in [0.1, 0.15) is 97.5 Å². The lowest BCUT2D eigenvalue weighted by atomic mass is 9.88. The van der Waals surface area contributed by atoms with Gasteiger partial charge in [-0.2, -0.15) is 0 Å². The van der Waals surface area contributed by atoms with Gasteiger partial charge in [0.05, 0.1) is 47.2 Å². The quantitative estimate of drug-likeness (QED) is 0.107. The fourth-order valence-electron chi connectivity index (χ4n) is 8.14. The van der Waals surface area contributed by atoms with Crippen LogP contribution in [-0.4, -0.2) is 152 Å². The van der Waals surface area contributed by atoms with Gasteiger partial charge in [-0.05, 0) is 90.5 Å². The first kappa shape index (κ1) is 56.2. The van der Waals surface area contributed by atoms with Gasteiger partial charge in [0.25, 0.3) is 0 Å². The Hall–Kier alpha value is -3.40. The van der Waals surface area contributed by atoms with Gasteiger partial charge in [0.1, 0.15) is 47.2 Å². The highest BCUT2D eigenvalue weighted by Gasteiger charge is 2.50. The van der Waals surface area contributed by atoms with Crippen LogP contribution in [0.25, 0.3) is 0 Å². The van der Waals surface area contributed by atoms with E-state index >= 15 is 0 Å². The Morgan fingerprint density at radius 1 is 0.940 bits per heavy atom. The number of hydrogen-bond acceptors (Lipinski definition) is 17. The number of methoxy groups -OCH3 is 1. The van der Waals surface area contributed by atoms with Crippen molar-refractivity contribution in [2.24, 2.45) is 5.92 Å². The minimum Gasteiger partial charge on any atom is -0.505 e. The molecule has 0 radical (unpaired) electrons. The third-order valence-electron chi connectivity index (χ3n) is 12.3. The number of cyclic esters (lactones) is 1. The van der Waals surface area contributed by atoms with Crippen LogP contribution in [0.15, 0.2) is 58.7 Å². The lowest BCUT2D eigenvalue weighted by molar-refractivity contribution is -0.331. The van der Waals surface area contributed by atoms with Gasteiger partial charge in [-0.15, -0.1) is 0 Å². The zero-order valence-corrected chi connectivity index (χ0v) is 41.1. The van der Waals surface area contributed by atoms with Gasteiger partial charge in [0.15, 0.2) is 30.2 Å². The molecule has 3 aliphatic rings. The molecule has 3 aliphatic heterocycles. The van der Waals surface area contributed by atoms with Crippen molar-refractivity contribution >= 4 is 35.1 Å². The summed E-state index contributed by atoms with van der Waals surface area (Å²) in [5.74, 6) is -3.68. The lowest BCUT2D eigenvalue weighted by Crippen LogP contribution is -2.63. The Bertz CT molecular complexity index is 2050. The fraction of sp³-hybridized carbons (Fsp3) is 0.625. The highest BCUT2D eigenvalue weighted by atomic mass is 35.5. The predicted octanol–water partition coefficient (Wildman–Crippen LogP) is 5.03. The number of phenols is 2. The maximum Gasteiger partial charge on any atom is 0.342 e. The van der Waals surface area contributed by atoms with Crippen molar-refractivity contribution < 1.29 is 83.6 Å². The average molecular weight is 988 g/mol. The van der Waals surface area contributed by atoms with Crippen LogP contribution in [0.5, 0.6) is 11.5 Å². The number of carbonyl (C=O) groups is 2. The van der Waals surface area contributed by atoms with Crippen molar-refractivity contribution in [3.05, 3.63) is 79.9 Å². The van der Waals surface area contributed by atoms with E-state index in [0.717, 1.165) is 0 Å². The molecule has 0 aliphatic carbocycles. The number of aliphatic hydroxyl groups is 6.